The molecule has 0 radical (unpaired) electrons. The zero-order valence-corrected chi connectivity index (χ0v) is 6.50. The summed E-state index contributed by atoms with van der Waals surface area (Å²) < 4.78 is 0. The van der Waals surface area contributed by atoms with Crippen LogP contribution in [0.25, 0.3) is 0 Å². The molecule has 0 aliphatic carbocycles. The molecule has 0 aromatic rings. The van der Waals surface area contributed by atoms with Crippen molar-refractivity contribution in [2.45, 2.75) is 39.2 Å². The zero-order chi connectivity index (χ0) is 5.70. The van der Waals surface area contributed by atoms with Crippen LogP contribution in [-0.2, 0) is 0 Å². The first-order valence-corrected chi connectivity index (χ1v) is 3.03. The molecule has 0 fully saturated rings. The van der Waals surface area contributed by atoms with Crippen LogP contribution in [-0.4, -0.2) is 6.04 Å². The molecule has 8 heavy (non-hydrogen) atoms. The highest BCUT2D eigenvalue weighted by atomic mass is 35.5. The van der Waals surface area contributed by atoms with Crippen LogP contribution in [0.5, 0.6) is 0 Å². The minimum absolute atomic E-state index is 0. The van der Waals surface area contributed by atoms with Gasteiger partial charge in [0.25, 0.3) is 0 Å². The van der Waals surface area contributed by atoms with Crippen molar-refractivity contribution >= 4 is 12.4 Å². The Kier molecular flexibility index (Phi) is 10.1. The molecular weight excluding hydrogens is 122 g/mol. The van der Waals surface area contributed by atoms with E-state index in [0.29, 0.717) is 6.04 Å². The predicted molar refractivity (Wildman–Crippen MR) is 40.4 cm³/mol. The SMILES string of the molecule is CCCCC(C)N.Cl. The fourth-order valence-electron chi connectivity index (χ4n) is 0.526. The molecule has 1 nitrogen and oxygen atoms in total. The molecule has 0 aliphatic rings. The number of unbranched alkanes of at least 4 members (excludes halogenated alkanes) is 1. The summed E-state index contributed by atoms with van der Waals surface area (Å²) in [6, 6.07) is 0.403. The van der Waals surface area contributed by atoms with Gasteiger partial charge in [0.1, 0.15) is 0 Å². The maximum Gasteiger partial charge on any atom is 0.00104 e. The highest BCUT2D eigenvalue weighted by molar-refractivity contribution is 5.85. The molecule has 0 aromatic heterocycles. The van der Waals surface area contributed by atoms with E-state index >= 15 is 0 Å². The first kappa shape index (κ1) is 11.1. The van der Waals surface area contributed by atoms with Gasteiger partial charge in [0.15, 0.2) is 0 Å². The quantitative estimate of drug-likeness (QED) is 0.632. The Labute approximate surface area is 58.1 Å². The molecule has 1 unspecified atom stereocenters. The smallest absolute Gasteiger partial charge is 0.00104 e. The second-order valence-corrected chi connectivity index (χ2v) is 2.12. The Bertz CT molecular complexity index is 37.5. The lowest BCUT2D eigenvalue weighted by Gasteiger charge is -1.99. The fourth-order valence-corrected chi connectivity index (χ4v) is 0.526. The zero-order valence-electron chi connectivity index (χ0n) is 5.68. The molecule has 1 atom stereocenters. The maximum atomic E-state index is 5.48. The number of hydrogen-bond acceptors (Lipinski definition) is 1. The number of nitrogens with two attached hydrogens (primary N) is 1. The highest BCUT2D eigenvalue weighted by Crippen LogP contribution is 1.95. The molecule has 2 heteroatoms. The first-order chi connectivity index (χ1) is 3.27. The summed E-state index contributed by atoms with van der Waals surface area (Å²) in [4.78, 5) is 0. The van der Waals surface area contributed by atoms with Gasteiger partial charge in [-0.05, 0) is 13.3 Å². The van der Waals surface area contributed by atoms with Gasteiger partial charge in [-0.3, -0.25) is 0 Å². The summed E-state index contributed by atoms with van der Waals surface area (Å²) in [7, 11) is 0. The second kappa shape index (κ2) is 7.25. The van der Waals surface area contributed by atoms with E-state index in [0.717, 1.165) is 0 Å². The van der Waals surface area contributed by atoms with E-state index in [1.54, 1.807) is 0 Å². The molecule has 2 N–H and O–H groups in total. The standard InChI is InChI=1S/C6H15N.ClH/c1-3-4-5-6(2)7;/h6H,3-5,7H2,1-2H3;1H. The second-order valence-electron chi connectivity index (χ2n) is 2.12. The van der Waals surface area contributed by atoms with E-state index in [4.69, 9.17) is 5.73 Å². The largest absolute Gasteiger partial charge is 0.328 e. The Morgan fingerprint density at radius 2 is 2.00 bits per heavy atom. The molecule has 0 saturated carbocycles. The Morgan fingerprint density at radius 3 is 2.12 bits per heavy atom. The average molecular weight is 138 g/mol. The van der Waals surface area contributed by atoms with Gasteiger partial charge in [-0.2, -0.15) is 0 Å². The average Bonchev–Trinajstić information content (AvgIpc) is 1.61. The molecule has 0 aromatic carbocycles. The Balaban J connectivity index is 0. The van der Waals surface area contributed by atoms with Gasteiger partial charge in [-0.1, -0.05) is 19.8 Å². The van der Waals surface area contributed by atoms with Gasteiger partial charge in [0.2, 0.25) is 0 Å². The summed E-state index contributed by atoms with van der Waals surface area (Å²) in [6.07, 6.45) is 3.72. The summed E-state index contributed by atoms with van der Waals surface area (Å²) in [5.41, 5.74) is 5.48. The van der Waals surface area contributed by atoms with E-state index in [1.165, 1.54) is 19.3 Å². The van der Waals surface area contributed by atoms with Gasteiger partial charge >= 0.3 is 0 Å². The normalized spacial score (nSPS) is 12.4. The fraction of sp³-hybridized carbons (Fsp3) is 1.00. The van der Waals surface area contributed by atoms with E-state index in [-0.39, 0.29) is 12.4 Å². The lowest BCUT2D eigenvalue weighted by atomic mass is 10.2. The maximum absolute atomic E-state index is 5.48. The summed E-state index contributed by atoms with van der Waals surface area (Å²) in [6.45, 7) is 4.23. The lowest BCUT2D eigenvalue weighted by Crippen LogP contribution is -2.13. The van der Waals surface area contributed by atoms with Crippen molar-refractivity contribution in [1.29, 1.82) is 0 Å². The first-order valence-electron chi connectivity index (χ1n) is 3.03. The van der Waals surface area contributed by atoms with Crippen LogP contribution in [0, 0.1) is 0 Å². The molecular formula is C6H16ClN. The van der Waals surface area contributed by atoms with Gasteiger partial charge < -0.3 is 5.73 Å². The molecule has 0 rings (SSSR count). The summed E-state index contributed by atoms with van der Waals surface area (Å²) in [5, 5.41) is 0. The third-order valence-electron chi connectivity index (χ3n) is 1.01. The third-order valence-corrected chi connectivity index (χ3v) is 1.01. The molecule has 0 bridgehead atoms. The summed E-state index contributed by atoms with van der Waals surface area (Å²) >= 11 is 0. The number of rotatable bonds is 3. The van der Waals surface area contributed by atoms with Gasteiger partial charge in [-0.25, -0.2) is 0 Å². The van der Waals surface area contributed by atoms with Crippen molar-refractivity contribution in [3.8, 4) is 0 Å². The summed E-state index contributed by atoms with van der Waals surface area (Å²) in [5.74, 6) is 0. The van der Waals surface area contributed by atoms with Crippen molar-refractivity contribution in [3.63, 3.8) is 0 Å². The van der Waals surface area contributed by atoms with Crippen molar-refractivity contribution < 1.29 is 0 Å². The van der Waals surface area contributed by atoms with E-state index in [1.807, 2.05) is 0 Å². The topological polar surface area (TPSA) is 26.0 Å². The van der Waals surface area contributed by atoms with Gasteiger partial charge in [-0.15, -0.1) is 12.4 Å². The molecule has 0 amide bonds. The number of halogens is 1. The van der Waals surface area contributed by atoms with E-state index < -0.39 is 0 Å². The minimum atomic E-state index is 0. The van der Waals surface area contributed by atoms with Crippen LogP contribution in [0.15, 0.2) is 0 Å². The molecule has 0 heterocycles. The van der Waals surface area contributed by atoms with Crippen molar-refractivity contribution in [3.05, 3.63) is 0 Å². The monoisotopic (exact) mass is 137 g/mol. The van der Waals surface area contributed by atoms with Crippen LogP contribution in [0.4, 0.5) is 0 Å². The highest BCUT2D eigenvalue weighted by Gasteiger charge is 1.88. The third kappa shape index (κ3) is 9.54. The molecule has 0 saturated heterocycles. The van der Waals surface area contributed by atoms with Crippen molar-refractivity contribution in [1.82, 2.24) is 0 Å². The van der Waals surface area contributed by atoms with Gasteiger partial charge in [0.05, 0.1) is 0 Å². The molecule has 52 valence electrons. The van der Waals surface area contributed by atoms with Crippen molar-refractivity contribution in [2.75, 3.05) is 0 Å². The van der Waals surface area contributed by atoms with E-state index in [2.05, 4.69) is 13.8 Å². The van der Waals surface area contributed by atoms with Crippen LogP contribution in [0.3, 0.4) is 0 Å². The molecule has 0 aliphatic heterocycles. The van der Waals surface area contributed by atoms with Crippen LogP contribution < -0.4 is 5.73 Å². The van der Waals surface area contributed by atoms with Crippen LogP contribution >= 0.6 is 12.4 Å². The number of hydrogen-bond donors (Lipinski definition) is 1. The van der Waals surface area contributed by atoms with Gasteiger partial charge in [0, 0.05) is 6.04 Å². The Hall–Kier alpha value is 0.250. The lowest BCUT2D eigenvalue weighted by molar-refractivity contribution is 0.616. The minimum Gasteiger partial charge on any atom is -0.328 e. The molecule has 0 spiro atoms. The van der Waals surface area contributed by atoms with E-state index in [9.17, 15) is 0 Å². The Morgan fingerprint density at radius 1 is 1.50 bits per heavy atom. The van der Waals surface area contributed by atoms with Crippen LogP contribution in [0.2, 0.25) is 0 Å². The predicted octanol–water partition coefficient (Wildman–Crippen LogP) is 1.95. The van der Waals surface area contributed by atoms with Crippen LogP contribution in [0.1, 0.15) is 33.1 Å². The van der Waals surface area contributed by atoms with Crippen molar-refractivity contribution in [2.24, 2.45) is 5.73 Å².